The molecular weight excluding hydrogens is 446 g/mol. The van der Waals surface area contributed by atoms with Gasteiger partial charge in [-0.3, -0.25) is 19.3 Å². The summed E-state index contributed by atoms with van der Waals surface area (Å²) in [6.07, 6.45) is 9.73. The smallest absolute Gasteiger partial charge is 0.278 e. The molecule has 0 saturated carbocycles. The molecule has 1 aromatic carbocycles. The van der Waals surface area contributed by atoms with Crippen molar-refractivity contribution in [2.24, 2.45) is 0 Å². The molecule has 0 fully saturated rings. The van der Waals surface area contributed by atoms with E-state index in [1.54, 1.807) is 17.8 Å². The van der Waals surface area contributed by atoms with E-state index in [1.165, 1.54) is 33.2 Å². The van der Waals surface area contributed by atoms with Gasteiger partial charge in [-0.1, -0.05) is 41.6 Å². The molecule has 1 atom stereocenters. The number of hydrogen-bond donors (Lipinski definition) is 1. The van der Waals surface area contributed by atoms with Gasteiger partial charge in [-0.2, -0.15) is 4.98 Å². The van der Waals surface area contributed by atoms with Crippen LogP contribution in [0, 0.1) is 6.92 Å². The molecule has 0 bridgehead atoms. The minimum absolute atomic E-state index is 0.0600. The second-order valence-electron chi connectivity index (χ2n) is 9.13. The molecule has 3 heterocycles. The summed E-state index contributed by atoms with van der Waals surface area (Å²) >= 11 is 0. The Morgan fingerprint density at radius 1 is 1.14 bits per heavy atom. The van der Waals surface area contributed by atoms with Crippen molar-refractivity contribution in [1.29, 1.82) is 0 Å². The Morgan fingerprint density at radius 3 is 2.83 bits per heavy atom. The second kappa shape index (κ2) is 8.26. The SMILES string of the molecule is Cc1noc(CN2CN(C3C4=C(C=CCC4)CCc4ccccc43)n3ccc(=O)c(O)c3C2=O)n1. The van der Waals surface area contributed by atoms with E-state index in [1.807, 2.05) is 6.07 Å². The summed E-state index contributed by atoms with van der Waals surface area (Å²) in [7, 11) is 0. The van der Waals surface area contributed by atoms with Gasteiger partial charge in [0.15, 0.2) is 17.3 Å². The largest absolute Gasteiger partial charge is 0.502 e. The van der Waals surface area contributed by atoms with Crippen LogP contribution >= 0.6 is 0 Å². The van der Waals surface area contributed by atoms with Gasteiger partial charge < -0.3 is 14.5 Å². The van der Waals surface area contributed by atoms with E-state index >= 15 is 0 Å². The van der Waals surface area contributed by atoms with Gasteiger partial charge in [0, 0.05) is 12.3 Å². The number of carbonyl (C=O) groups is 1. The number of carbonyl (C=O) groups excluding carboxylic acids is 1. The zero-order valence-electron chi connectivity index (χ0n) is 19.3. The molecule has 1 N–H and O–H groups in total. The van der Waals surface area contributed by atoms with Crippen LogP contribution in [0.2, 0.25) is 0 Å². The van der Waals surface area contributed by atoms with E-state index in [0.29, 0.717) is 11.7 Å². The van der Waals surface area contributed by atoms with Crippen LogP contribution in [0.25, 0.3) is 0 Å². The van der Waals surface area contributed by atoms with Crippen molar-refractivity contribution < 1.29 is 14.4 Å². The molecule has 0 radical (unpaired) electrons. The van der Waals surface area contributed by atoms with Gasteiger partial charge in [0.25, 0.3) is 5.91 Å². The predicted molar refractivity (Wildman–Crippen MR) is 127 cm³/mol. The first-order valence-electron chi connectivity index (χ1n) is 11.8. The van der Waals surface area contributed by atoms with Gasteiger partial charge in [-0.25, -0.2) is 0 Å². The Kier molecular flexibility index (Phi) is 5.05. The van der Waals surface area contributed by atoms with Crippen LogP contribution < -0.4 is 10.4 Å². The maximum Gasteiger partial charge on any atom is 0.278 e. The summed E-state index contributed by atoms with van der Waals surface area (Å²) < 4.78 is 6.92. The number of benzene rings is 1. The van der Waals surface area contributed by atoms with Crippen molar-refractivity contribution in [2.75, 3.05) is 11.7 Å². The van der Waals surface area contributed by atoms with Crippen molar-refractivity contribution in [3.63, 3.8) is 0 Å². The number of rotatable bonds is 3. The molecule has 0 spiro atoms. The Morgan fingerprint density at radius 2 is 2.00 bits per heavy atom. The van der Waals surface area contributed by atoms with E-state index in [0.717, 1.165) is 25.7 Å². The van der Waals surface area contributed by atoms with Crippen molar-refractivity contribution in [3.8, 4) is 5.75 Å². The summed E-state index contributed by atoms with van der Waals surface area (Å²) in [4.78, 5) is 31.6. The van der Waals surface area contributed by atoms with Crippen molar-refractivity contribution in [3.05, 3.63) is 98.6 Å². The predicted octanol–water partition coefficient (Wildman–Crippen LogP) is 3.13. The average molecular weight is 472 g/mol. The van der Waals surface area contributed by atoms with Gasteiger partial charge in [-0.05, 0) is 54.9 Å². The molecular formula is C26H25N5O4. The highest BCUT2D eigenvalue weighted by molar-refractivity contribution is 5.96. The molecule has 178 valence electrons. The van der Waals surface area contributed by atoms with Crippen LogP contribution in [0.3, 0.4) is 0 Å². The lowest BCUT2D eigenvalue weighted by Crippen LogP contribution is -2.55. The fourth-order valence-corrected chi connectivity index (χ4v) is 5.40. The Balaban J connectivity index is 1.54. The Labute approximate surface area is 201 Å². The zero-order chi connectivity index (χ0) is 24.1. The van der Waals surface area contributed by atoms with Gasteiger partial charge in [-0.15, -0.1) is 0 Å². The van der Waals surface area contributed by atoms with E-state index in [2.05, 4.69) is 45.5 Å². The minimum atomic E-state index is -0.596. The molecule has 1 amide bonds. The van der Waals surface area contributed by atoms with E-state index in [-0.39, 0.29) is 24.9 Å². The number of aromatic nitrogens is 3. The highest BCUT2D eigenvalue weighted by atomic mass is 16.5. The average Bonchev–Trinajstić information content (AvgIpc) is 3.20. The number of nitrogens with zero attached hydrogens (tertiary/aromatic N) is 5. The molecule has 35 heavy (non-hydrogen) atoms. The first-order chi connectivity index (χ1) is 17.0. The third kappa shape index (κ3) is 3.54. The number of allylic oxidation sites excluding steroid dienone is 3. The highest BCUT2D eigenvalue weighted by Gasteiger charge is 2.39. The van der Waals surface area contributed by atoms with Crippen LogP contribution in [0.4, 0.5) is 0 Å². The van der Waals surface area contributed by atoms with Gasteiger partial charge in [0.2, 0.25) is 11.3 Å². The van der Waals surface area contributed by atoms with Gasteiger partial charge in [0.1, 0.15) is 13.2 Å². The molecule has 1 aliphatic heterocycles. The van der Waals surface area contributed by atoms with E-state index in [4.69, 9.17) is 4.52 Å². The molecule has 9 heteroatoms. The molecule has 9 nitrogen and oxygen atoms in total. The van der Waals surface area contributed by atoms with Crippen LogP contribution in [0.5, 0.6) is 5.75 Å². The summed E-state index contributed by atoms with van der Waals surface area (Å²) in [5, 5.41) is 16.6. The second-order valence-corrected chi connectivity index (χ2v) is 9.13. The topological polar surface area (TPSA) is 105 Å². The number of aryl methyl sites for hydroxylation is 2. The fraction of sp³-hybridized carbons (Fsp3) is 0.308. The lowest BCUT2D eigenvalue weighted by molar-refractivity contribution is 0.0642. The molecule has 3 aromatic rings. The van der Waals surface area contributed by atoms with Crippen molar-refractivity contribution in [2.45, 2.75) is 45.2 Å². The Bertz CT molecular complexity index is 1450. The normalized spacial score (nSPS) is 19.3. The quantitative estimate of drug-likeness (QED) is 0.626. The lowest BCUT2D eigenvalue weighted by atomic mass is 9.88. The summed E-state index contributed by atoms with van der Waals surface area (Å²) in [5.41, 5.74) is 4.37. The molecule has 1 unspecified atom stereocenters. The van der Waals surface area contributed by atoms with Crippen molar-refractivity contribution >= 4 is 5.91 Å². The van der Waals surface area contributed by atoms with Crippen molar-refractivity contribution in [1.82, 2.24) is 19.7 Å². The molecule has 3 aliphatic rings. The number of pyridine rings is 1. The first-order valence-corrected chi connectivity index (χ1v) is 11.8. The van der Waals surface area contributed by atoms with Gasteiger partial charge >= 0.3 is 0 Å². The van der Waals surface area contributed by atoms with Crippen LogP contribution in [-0.2, 0) is 13.0 Å². The standard InChI is InChI=1S/C26H25N5O4/c1-16-27-22(35-28-16)14-29-15-31(30-13-12-21(32)25(33)24(30)26(29)34)23-19-8-4-2-6-17(19)10-11-18-7-3-5-9-20(18)23/h2-4,6-8,12-13,23,33H,5,9-11,14-15H2,1H3. The van der Waals surface area contributed by atoms with Gasteiger partial charge in [0.05, 0.1) is 6.04 Å². The first kappa shape index (κ1) is 21.4. The number of amides is 1. The molecule has 6 rings (SSSR count). The third-order valence-corrected chi connectivity index (χ3v) is 6.99. The number of fused-ring (bicyclic) bond motifs is 2. The molecule has 2 aromatic heterocycles. The monoisotopic (exact) mass is 471 g/mol. The van der Waals surface area contributed by atoms with Crippen LogP contribution in [0.15, 0.2) is 69.1 Å². The number of aromatic hydroxyl groups is 1. The van der Waals surface area contributed by atoms with Crippen LogP contribution in [-0.4, -0.2) is 37.4 Å². The summed E-state index contributed by atoms with van der Waals surface area (Å²) in [6, 6.07) is 9.51. The fourth-order valence-electron chi connectivity index (χ4n) is 5.40. The maximum atomic E-state index is 13.5. The van der Waals surface area contributed by atoms with Crippen LogP contribution in [0.1, 0.15) is 58.6 Å². The summed E-state index contributed by atoms with van der Waals surface area (Å²) in [6.45, 7) is 2.00. The number of hydrogen-bond acceptors (Lipinski definition) is 7. The highest BCUT2D eigenvalue weighted by Crippen LogP contribution is 2.42. The molecule has 2 aliphatic carbocycles. The maximum absolute atomic E-state index is 13.5. The third-order valence-electron chi connectivity index (χ3n) is 6.99. The minimum Gasteiger partial charge on any atom is -0.502 e. The van der Waals surface area contributed by atoms with E-state index in [9.17, 15) is 14.7 Å². The lowest BCUT2D eigenvalue weighted by Gasteiger charge is -2.44. The zero-order valence-corrected chi connectivity index (χ0v) is 19.3. The van der Waals surface area contributed by atoms with E-state index < -0.39 is 17.1 Å². The summed E-state index contributed by atoms with van der Waals surface area (Å²) in [5.74, 6) is -0.258. The Hall–Kier alpha value is -4.14. The molecule has 0 saturated heterocycles.